The summed E-state index contributed by atoms with van der Waals surface area (Å²) in [6.45, 7) is 4.68. The molecule has 4 aromatic rings. The number of urea groups is 1. The Labute approximate surface area is 258 Å². The number of amides is 3. The number of benzene rings is 3. The van der Waals surface area contributed by atoms with E-state index in [-0.39, 0.29) is 24.5 Å². The summed E-state index contributed by atoms with van der Waals surface area (Å²) in [5, 5.41) is 0.583. The van der Waals surface area contributed by atoms with Crippen molar-refractivity contribution in [1.29, 1.82) is 0 Å². The molecule has 2 aliphatic rings. The zero-order chi connectivity index (χ0) is 31.3. The van der Waals surface area contributed by atoms with Crippen LogP contribution in [0.15, 0.2) is 66.9 Å². The predicted octanol–water partition coefficient (Wildman–Crippen LogP) is 5.38. The minimum atomic E-state index is -0.762. The van der Waals surface area contributed by atoms with E-state index in [0.717, 1.165) is 50.2 Å². The molecule has 3 heterocycles. The van der Waals surface area contributed by atoms with Gasteiger partial charge in [-0.15, -0.1) is 0 Å². The van der Waals surface area contributed by atoms with Crippen molar-refractivity contribution in [3.63, 3.8) is 0 Å². The molecule has 3 amide bonds. The topological polar surface area (TPSA) is 93.7 Å². The van der Waals surface area contributed by atoms with Crippen LogP contribution in [0.5, 0.6) is 23.0 Å². The van der Waals surface area contributed by atoms with Crippen LogP contribution in [0.2, 0.25) is 0 Å². The first-order chi connectivity index (χ1) is 21.9. The lowest BCUT2D eigenvalue weighted by Gasteiger charge is -2.26. The van der Waals surface area contributed by atoms with Crippen LogP contribution < -0.4 is 19.1 Å². The van der Waals surface area contributed by atoms with Crippen LogP contribution in [0.1, 0.15) is 12.0 Å². The molecule has 2 aliphatic heterocycles. The first-order valence-corrected chi connectivity index (χ1v) is 14.6. The van der Waals surface area contributed by atoms with Crippen LogP contribution in [0.4, 0.5) is 19.3 Å². The molecule has 12 heteroatoms. The fourth-order valence-corrected chi connectivity index (χ4v) is 5.35. The molecule has 3 aromatic carbocycles. The lowest BCUT2D eigenvalue weighted by Crippen LogP contribution is -2.37. The molecule has 234 valence electrons. The van der Waals surface area contributed by atoms with Gasteiger partial charge in [-0.25, -0.2) is 18.5 Å². The Morgan fingerprint density at radius 2 is 1.71 bits per heavy atom. The summed E-state index contributed by atoms with van der Waals surface area (Å²) in [6, 6.07) is 14.1. The van der Waals surface area contributed by atoms with Gasteiger partial charge in [0.25, 0.3) is 5.91 Å². The Morgan fingerprint density at radius 3 is 2.47 bits per heavy atom. The maximum Gasteiger partial charge on any atom is 0.332 e. The number of rotatable bonds is 11. The van der Waals surface area contributed by atoms with Crippen molar-refractivity contribution in [3.05, 3.63) is 84.1 Å². The summed E-state index contributed by atoms with van der Waals surface area (Å²) in [6.07, 6.45) is 2.39. The van der Waals surface area contributed by atoms with E-state index >= 15 is 4.39 Å². The summed E-state index contributed by atoms with van der Waals surface area (Å²) in [4.78, 5) is 34.8. The number of methoxy groups -OCH3 is 1. The molecular formula is C33H32F2N4O6. The zero-order valence-corrected chi connectivity index (χ0v) is 24.7. The van der Waals surface area contributed by atoms with Crippen molar-refractivity contribution in [2.45, 2.75) is 13.0 Å². The highest BCUT2D eigenvalue weighted by Gasteiger charge is 2.37. The molecule has 0 N–H and O–H groups in total. The van der Waals surface area contributed by atoms with Crippen LogP contribution in [-0.4, -0.2) is 79.8 Å². The van der Waals surface area contributed by atoms with Gasteiger partial charge in [0.1, 0.15) is 18.1 Å². The number of ether oxygens (including phenoxy) is 4. The molecule has 2 saturated heterocycles. The Hall–Kier alpha value is -4.81. The zero-order valence-electron chi connectivity index (χ0n) is 24.7. The van der Waals surface area contributed by atoms with Crippen molar-refractivity contribution in [1.82, 2.24) is 14.8 Å². The highest BCUT2D eigenvalue weighted by Crippen LogP contribution is 2.38. The van der Waals surface area contributed by atoms with Crippen LogP contribution in [-0.2, 0) is 16.1 Å². The molecule has 0 atom stereocenters. The van der Waals surface area contributed by atoms with E-state index in [9.17, 15) is 14.0 Å². The summed E-state index contributed by atoms with van der Waals surface area (Å²) < 4.78 is 51.5. The number of aromatic nitrogens is 1. The maximum absolute atomic E-state index is 15.3. The van der Waals surface area contributed by atoms with Gasteiger partial charge in [0.2, 0.25) is 0 Å². The Morgan fingerprint density at radius 1 is 0.911 bits per heavy atom. The van der Waals surface area contributed by atoms with Gasteiger partial charge in [-0.1, -0.05) is 12.1 Å². The Balaban J connectivity index is 1.14. The van der Waals surface area contributed by atoms with Gasteiger partial charge in [0.15, 0.2) is 23.1 Å². The summed E-state index contributed by atoms with van der Waals surface area (Å²) in [5.41, 5.74) is 1.31. The number of morpholine rings is 1. The second kappa shape index (κ2) is 13.4. The van der Waals surface area contributed by atoms with Crippen molar-refractivity contribution >= 4 is 28.5 Å². The number of imide groups is 1. The highest BCUT2D eigenvalue weighted by atomic mass is 19.1. The van der Waals surface area contributed by atoms with E-state index in [1.54, 1.807) is 43.6 Å². The molecule has 10 nitrogen and oxygen atoms in total. The second-order valence-electron chi connectivity index (χ2n) is 10.7. The van der Waals surface area contributed by atoms with E-state index in [2.05, 4.69) is 9.88 Å². The number of hydrogen-bond donors (Lipinski definition) is 0. The lowest BCUT2D eigenvalue weighted by atomic mass is 10.1. The van der Waals surface area contributed by atoms with E-state index < -0.39 is 23.6 Å². The van der Waals surface area contributed by atoms with Gasteiger partial charge in [-0.3, -0.25) is 14.7 Å². The molecule has 0 aliphatic carbocycles. The summed E-state index contributed by atoms with van der Waals surface area (Å²) in [5.74, 6) is -0.396. The largest absolute Gasteiger partial charge is 0.493 e. The minimum Gasteiger partial charge on any atom is -0.493 e. The van der Waals surface area contributed by atoms with Gasteiger partial charge in [0.05, 0.1) is 38.1 Å². The van der Waals surface area contributed by atoms with Crippen LogP contribution in [0, 0.1) is 11.6 Å². The molecule has 0 bridgehead atoms. The van der Waals surface area contributed by atoms with Crippen molar-refractivity contribution in [3.8, 4) is 23.0 Å². The number of fused-ring (bicyclic) bond motifs is 1. The number of hydrogen-bond acceptors (Lipinski definition) is 8. The summed E-state index contributed by atoms with van der Waals surface area (Å²) in [7, 11) is 1.54. The number of carbonyl (C=O) groups excluding carboxylic acids is 2. The van der Waals surface area contributed by atoms with Crippen molar-refractivity contribution in [2.24, 2.45) is 0 Å². The molecule has 0 saturated carbocycles. The number of halogens is 2. The van der Waals surface area contributed by atoms with Crippen LogP contribution in [0.25, 0.3) is 10.9 Å². The molecule has 1 aromatic heterocycles. The standard InChI is InChI=1S/C33H32F2N4O6/c1-42-30-18-25-27(19-31(30)44-14-2-11-37-12-15-43-16-13-37)36-10-9-28(25)45-29-8-7-24(17-26(29)35)39-32(40)21-38(33(39)41)20-22-3-5-23(34)6-4-22/h3-10,17-19H,2,11-16,20-21H2,1H3. The van der Waals surface area contributed by atoms with Gasteiger partial charge in [-0.05, 0) is 48.4 Å². The number of pyridine rings is 1. The number of carbonyl (C=O) groups is 2. The Bertz CT molecular complexity index is 1700. The number of anilines is 1. The van der Waals surface area contributed by atoms with Crippen LogP contribution in [0.3, 0.4) is 0 Å². The van der Waals surface area contributed by atoms with Crippen molar-refractivity contribution < 1.29 is 37.3 Å². The molecule has 45 heavy (non-hydrogen) atoms. The molecular weight excluding hydrogens is 586 g/mol. The van der Waals surface area contributed by atoms with Gasteiger partial charge in [0, 0.05) is 49.9 Å². The first kappa shape index (κ1) is 30.2. The van der Waals surface area contributed by atoms with Gasteiger partial charge < -0.3 is 23.8 Å². The molecule has 6 rings (SSSR count). The predicted molar refractivity (Wildman–Crippen MR) is 162 cm³/mol. The van der Waals surface area contributed by atoms with E-state index in [1.807, 2.05) is 0 Å². The number of nitrogens with zero attached hydrogens (tertiary/aromatic N) is 4. The monoisotopic (exact) mass is 618 g/mol. The maximum atomic E-state index is 15.3. The second-order valence-corrected chi connectivity index (χ2v) is 10.7. The average molecular weight is 619 g/mol. The third kappa shape index (κ3) is 6.81. The fraction of sp³-hybridized carbons (Fsp3) is 0.303. The van der Waals surface area contributed by atoms with Gasteiger partial charge >= 0.3 is 6.03 Å². The highest BCUT2D eigenvalue weighted by molar-refractivity contribution is 6.19. The molecule has 0 radical (unpaired) electrons. The van der Waals surface area contributed by atoms with E-state index in [4.69, 9.17) is 18.9 Å². The van der Waals surface area contributed by atoms with Crippen molar-refractivity contribution in [2.75, 3.05) is 58.0 Å². The van der Waals surface area contributed by atoms with Gasteiger partial charge in [-0.2, -0.15) is 0 Å². The van der Waals surface area contributed by atoms with E-state index in [1.165, 1.54) is 29.2 Å². The average Bonchev–Trinajstić information content (AvgIpc) is 3.33. The minimum absolute atomic E-state index is 0.0770. The Kier molecular flexibility index (Phi) is 9.03. The quantitative estimate of drug-likeness (QED) is 0.163. The molecule has 0 unspecified atom stereocenters. The van der Waals surface area contributed by atoms with E-state index in [0.29, 0.717) is 40.3 Å². The molecule has 2 fully saturated rings. The fourth-order valence-electron chi connectivity index (χ4n) is 5.35. The third-order valence-corrected chi connectivity index (χ3v) is 7.68. The smallest absolute Gasteiger partial charge is 0.332 e. The first-order valence-electron chi connectivity index (χ1n) is 14.6. The SMILES string of the molecule is COc1cc2c(Oc3ccc(N4C(=O)CN(Cc5ccc(F)cc5)C4=O)cc3F)ccnc2cc1OCCCN1CCOCC1. The summed E-state index contributed by atoms with van der Waals surface area (Å²) >= 11 is 0. The lowest BCUT2D eigenvalue weighted by molar-refractivity contribution is -0.116. The molecule has 0 spiro atoms. The van der Waals surface area contributed by atoms with Crippen LogP contribution >= 0.6 is 0 Å². The normalized spacial score (nSPS) is 15.6. The third-order valence-electron chi connectivity index (χ3n) is 7.68.